The molecule has 1 aromatic heterocycles. The zero-order chi connectivity index (χ0) is 19.4. The van der Waals surface area contributed by atoms with Gasteiger partial charge < -0.3 is 15.0 Å². The van der Waals surface area contributed by atoms with Gasteiger partial charge in [-0.2, -0.15) is 0 Å². The molecule has 1 aromatic carbocycles. The van der Waals surface area contributed by atoms with Gasteiger partial charge in [0.1, 0.15) is 5.56 Å². The first-order valence-electron chi connectivity index (χ1n) is 9.64. The van der Waals surface area contributed by atoms with E-state index in [9.17, 15) is 4.79 Å². The standard InChI is InChI=1S/C21H28ClN3O2/c1-4-27-21(26)18-12-23-19-10-7-15(22)11-17(19)20(18)24-16-8-5-14(6-9-16)13-25(2)3/h7,10-12,14,16H,4-6,8-9,13H2,1-3H3,(H,23,24). The van der Waals surface area contributed by atoms with Crippen molar-refractivity contribution >= 4 is 34.2 Å². The molecule has 6 heteroatoms. The van der Waals surface area contributed by atoms with Gasteiger partial charge >= 0.3 is 5.97 Å². The van der Waals surface area contributed by atoms with E-state index in [4.69, 9.17) is 16.3 Å². The number of carbonyl (C=O) groups is 1. The van der Waals surface area contributed by atoms with Gasteiger partial charge in [0.2, 0.25) is 0 Å². The molecule has 0 atom stereocenters. The second-order valence-corrected chi connectivity index (χ2v) is 7.99. The lowest BCUT2D eigenvalue weighted by Gasteiger charge is -2.32. The van der Waals surface area contributed by atoms with Gasteiger partial charge in [-0.1, -0.05) is 11.6 Å². The van der Waals surface area contributed by atoms with Crippen LogP contribution in [0.2, 0.25) is 5.02 Å². The van der Waals surface area contributed by atoms with Crippen LogP contribution in [0, 0.1) is 5.92 Å². The van der Waals surface area contributed by atoms with E-state index in [1.165, 1.54) is 12.8 Å². The fourth-order valence-electron chi connectivity index (χ4n) is 3.89. The highest BCUT2D eigenvalue weighted by Crippen LogP contribution is 2.33. The maximum absolute atomic E-state index is 12.5. The number of aromatic nitrogens is 1. The first kappa shape index (κ1) is 19.9. The first-order chi connectivity index (χ1) is 13.0. The van der Waals surface area contributed by atoms with Gasteiger partial charge in [-0.15, -0.1) is 0 Å². The third kappa shape index (κ3) is 4.90. The van der Waals surface area contributed by atoms with Crippen molar-refractivity contribution in [1.29, 1.82) is 0 Å². The molecule has 0 bridgehead atoms. The van der Waals surface area contributed by atoms with Crippen LogP contribution in [0.3, 0.4) is 0 Å². The molecule has 1 saturated carbocycles. The number of esters is 1. The van der Waals surface area contributed by atoms with Crippen LogP contribution in [0.1, 0.15) is 43.0 Å². The Kier molecular flexibility index (Phi) is 6.55. The van der Waals surface area contributed by atoms with Crippen LogP contribution in [-0.4, -0.2) is 49.1 Å². The Bertz CT molecular complexity index is 801. The largest absolute Gasteiger partial charge is 0.462 e. The Labute approximate surface area is 166 Å². The molecule has 0 unspecified atom stereocenters. The van der Waals surface area contributed by atoms with E-state index >= 15 is 0 Å². The highest BCUT2D eigenvalue weighted by molar-refractivity contribution is 6.31. The molecule has 3 rings (SSSR count). The molecular weight excluding hydrogens is 362 g/mol. The average Bonchev–Trinajstić information content (AvgIpc) is 2.63. The number of fused-ring (bicyclic) bond motifs is 1. The van der Waals surface area contributed by atoms with Gasteiger partial charge in [-0.05, 0) is 70.8 Å². The van der Waals surface area contributed by atoms with Crippen LogP contribution < -0.4 is 5.32 Å². The smallest absolute Gasteiger partial charge is 0.341 e. The summed E-state index contributed by atoms with van der Waals surface area (Å²) in [6, 6.07) is 5.90. The summed E-state index contributed by atoms with van der Waals surface area (Å²) in [4.78, 5) is 19.1. The van der Waals surface area contributed by atoms with Crippen LogP contribution >= 0.6 is 11.6 Å². The highest BCUT2D eigenvalue weighted by Gasteiger charge is 2.24. The third-order valence-corrected chi connectivity index (χ3v) is 5.38. The molecule has 1 aliphatic carbocycles. The number of ether oxygens (including phenoxy) is 1. The van der Waals surface area contributed by atoms with Crippen LogP contribution in [-0.2, 0) is 4.74 Å². The molecular formula is C21H28ClN3O2. The second kappa shape index (κ2) is 8.89. The highest BCUT2D eigenvalue weighted by atomic mass is 35.5. The summed E-state index contributed by atoms with van der Waals surface area (Å²) < 4.78 is 5.24. The molecule has 1 fully saturated rings. The summed E-state index contributed by atoms with van der Waals surface area (Å²) in [5, 5.41) is 5.11. The maximum Gasteiger partial charge on any atom is 0.341 e. The second-order valence-electron chi connectivity index (χ2n) is 7.55. The molecule has 2 aromatic rings. The molecule has 27 heavy (non-hydrogen) atoms. The monoisotopic (exact) mass is 389 g/mol. The molecule has 0 amide bonds. The number of rotatable bonds is 6. The summed E-state index contributed by atoms with van der Waals surface area (Å²) in [7, 11) is 4.26. The SMILES string of the molecule is CCOC(=O)c1cnc2ccc(Cl)cc2c1NC1CCC(CN(C)C)CC1. The van der Waals surface area contributed by atoms with E-state index in [0.29, 0.717) is 23.2 Å². The van der Waals surface area contributed by atoms with Crippen molar-refractivity contribution in [2.24, 2.45) is 5.92 Å². The normalized spacial score (nSPS) is 20.0. The van der Waals surface area contributed by atoms with Crippen molar-refractivity contribution in [3.8, 4) is 0 Å². The van der Waals surface area contributed by atoms with Gasteiger partial charge in [0.25, 0.3) is 0 Å². The molecule has 146 valence electrons. The van der Waals surface area contributed by atoms with E-state index < -0.39 is 0 Å². The first-order valence-corrected chi connectivity index (χ1v) is 10.0. The number of nitrogens with zero attached hydrogens (tertiary/aromatic N) is 2. The number of pyridine rings is 1. The zero-order valence-electron chi connectivity index (χ0n) is 16.3. The molecule has 5 nitrogen and oxygen atoms in total. The van der Waals surface area contributed by atoms with E-state index in [1.807, 2.05) is 25.1 Å². The number of halogens is 1. The minimum Gasteiger partial charge on any atom is -0.462 e. The number of hydrogen-bond acceptors (Lipinski definition) is 5. The van der Waals surface area contributed by atoms with Crippen molar-refractivity contribution in [3.63, 3.8) is 0 Å². The van der Waals surface area contributed by atoms with Crippen molar-refractivity contribution < 1.29 is 9.53 Å². The van der Waals surface area contributed by atoms with Gasteiger partial charge in [-0.3, -0.25) is 4.98 Å². The fourth-order valence-corrected chi connectivity index (χ4v) is 4.07. The molecule has 1 heterocycles. The number of anilines is 1. The summed E-state index contributed by atoms with van der Waals surface area (Å²) in [6.07, 6.45) is 6.16. The molecule has 1 N–H and O–H groups in total. The number of benzene rings is 1. The third-order valence-electron chi connectivity index (χ3n) is 5.14. The predicted molar refractivity (Wildman–Crippen MR) is 111 cm³/mol. The minimum absolute atomic E-state index is 0.334. The Hall–Kier alpha value is -1.85. The summed E-state index contributed by atoms with van der Waals surface area (Å²) in [5.74, 6) is 0.391. The predicted octanol–water partition coefficient (Wildman–Crippen LogP) is 4.60. The quantitative estimate of drug-likeness (QED) is 0.732. The van der Waals surface area contributed by atoms with Gasteiger partial charge in [0.05, 0.1) is 17.8 Å². The summed E-state index contributed by atoms with van der Waals surface area (Å²) in [6.45, 7) is 3.28. The van der Waals surface area contributed by atoms with Crippen LogP contribution in [0.4, 0.5) is 5.69 Å². The summed E-state index contributed by atoms with van der Waals surface area (Å²) in [5.41, 5.74) is 2.08. The molecule has 0 saturated heterocycles. The van der Waals surface area contributed by atoms with Gasteiger partial charge in [-0.25, -0.2) is 4.79 Å². The number of carbonyl (C=O) groups excluding carboxylic acids is 1. The van der Waals surface area contributed by atoms with Crippen LogP contribution in [0.15, 0.2) is 24.4 Å². The van der Waals surface area contributed by atoms with E-state index in [2.05, 4.69) is 29.3 Å². The van der Waals surface area contributed by atoms with Crippen LogP contribution in [0.25, 0.3) is 10.9 Å². The maximum atomic E-state index is 12.5. The van der Waals surface area contributed by atoms with Gasteiger partial charge in [0, 0.05) is 29.2 Å². The van der Waals surface area contributed by atoms with E-state index in [0.717, 1.165) is 41.9 Å². The lowest BCUT2D eigenvalue weighted by atomic mass is 9.85. The lowest BCUT2D eigenvalue weighted by Crippen LogP contribution is -2.31. The van der Waals surface area contributed by atoms with Gasteiger partial charge in [0.15, 0.2) is 0 Å². The Morgan fingerprint density at radius 3 is 2.70 bits per heavy atom. The number of nitrogens with one attached hydrogen (secondary N) is 1. The minimum atomic E-state index is -0.351. The fraction of sp³-hybridized carbons (Fsp3) is 0.524. The lowest BCUT2D eigenvalue weighted by molar-refractivity contribution is 0.0527. The summed E-state index contributed by atoms with van der Waals surface area (Å²) >= 11 is 6.22. The van der Waals surface area contributed by atoms with Crippen LogP contribution in [0.5, 0.6) is 0 Å². The van der Waals surface area contributed by atoms with Crippen molar-refractivity contribution in [3.05, 3.63) is 35.0 Å². The van der Waals surface area contributed by atoms with Crippen molar-refractivity contribution in [1.82, 2.24) is 9.88 Å². The topological polar surface area (TPSA) is 54.5 Å². The number of hydrogen-bond donors (Lipinski definition) is 1. The van der Waals surface area contributed by atoms with Crippen molar-refractivity contribution in [2.75, 3.05) is 32.6 Å². The Morgan fingerprint density at radius 1 is 1.30 bits per heavy atom. The molecule has 0 spiro atoms. The zero-order valence-corrected chi connectivity index (χ0v) is 17.1. The average molecular weight is 390 g/mol. The Morgan fingerprint density at radius 2 is 2.04 bits per heavy atom. The molecule has 0 aliphatic heterocycles. The Balaban J connectivity index is 1.86. The van der Waals surface area contributed by atoms with E-state index in [1.54, 1.807) is 6.20 Å². The molecule has 0 radical (unpaired) electrons. The molecule has 1 aliphatic rings. The van der Waals surface area contributed by atoms with Crippen molar-refractivity contribution in [2.45, 2.75) is 38.6 Å². The van der Waals surface area contributed by atoms with E-state index in [-0.39, 0.29) is 5.97 Å².